The van der Waals surface area contributed by atoms with Gasteiger partial charge >= 0.3 is 0 Å². The average molecular weight is 292 g/mol. The van der Waals surface area contributed by atoms with Crippen LogP contribution in [0.25, 0.3) is 10.1 Å². The second-order valence-corrected chi connectivity index (χ2v) is 6.73. The third-order valence-corrected chi connectivity index (χ3v) is 5.12. The molecule has 1 fully saturated rings. The van der Waals surface area contributed by atoms with Crippen LogP contribution in [0.5, 0.6) is 0 Å². The molecule has 3 N–H and O–H groups in total. The lowest BCUT2D eigenvalue weighted by Crippen LogP contribution is -2.53. The van der Waals surface area contributed by atoms with Crippen molar-refractivity contribution in [2.45, 2.75) is 25.3 Å². The van der Waals surface area contributed by atoms with Crippen molar-refractivity contribution in [3.8, 4) is 0 Å². The van der Waals surface area contributed by atoms with Crippen LogP contribution in [0.3, 0.4) is 0 Å². The fraction of sp³-hybridized carbons (Fsp3) is 0.400. The van der Waals surface area contributed by atoms with E-state index in [0.717, 1.165) is 22.9 Å². The van der Waals surface area contributed by atoms with Crippen molar-refractivity contribution in [1.82, 2.24) is 5.32 Å². The number of nitrogens with two attached hydrogens (primary N) is 1. The average Bonchev–Trinajstić information content (AvgIpc) is 3.19. The number of rotatable bonds is 4. The van der Waals surface area contributed by atoms with Gasteiger partial charge in [-0.05, 0) is 55.3 Å². The lowest BCUT2D eigenvalue weighted by atomic mass is 9.96. The Balaban J connectivity index is 1.85. The molecule has 2 aromatic rings. The van der Waals surface area contributed by atoms with E-state index in [1.54, 1.807) is 12.1 Å². The number of hydrogen-bond donors (Lipinski definition) is 2. The van der Waals surface area contributed by atoms with E-state index in [1.807, 2.05) is 6.92 Å². The fourth-order valence-electron chi connectivity index (χ4n) is 2.49. The van der Waals surface area contributed by atoms with Gasteiger partial charge < -0.3 is 11.1 Å². The Kier molecular flexibility index (Phi) is 3.26. The number of carbonyl (C=O) groups is 1. The molecule has 1 heterocycles. The normalized spacial score (nSPS) is 17.9. The minimum absolute atomic E-state index is 0.119. The summed E-state index contributed by atoms with van der Waals surface area (Å²) in [6.07, 6.45) is 2.23. The summed E-state index contributed by atoms with van der Waals surface area (Å²) in [5.74, 6) is 0.0711. The number of amides is 1. The number of carbonyl (C=O) groups excluding carboxylic acids is 1. The Morgan fingerprint density at radius 1 is 1.50 bits per heavy atom. The second-order valence-electron chi connectivity index (χ2n) is 5.64. The first-order valence-electron chi connectivity index (χ1n) is 6.73. The van der Waals surface area contributed by atoms with Gasteiger partial charge in [0.2, 0.25) is 0 Å². The van der Waals surface area contributed by atoms with Gasteiger partial charge in [0, 0.05) is 11.2 Å². The molecule has 1 aliphatic rings. The van der Waals surface area contributed by atoms with Gasteiger partial charge in [-0.15, -0.1) is 11.3 Å². The molecule has 0 bridgehead atoms. The number of hydrogen-bond acceptors (Lipinski definition) is 3. The van der Waals surface area contributed by atoms with Gasteiger partial charge in [0.15, 0.2) is 0 Å². The van der Waals surface area contributed by atoms with Crippen LogP contribution in [-0.4, -0.2) is 18.0 Å². The van der Waals surface area contributed by atoms with E-state index in [9.17, 15) is 9.18 Å². The Labute approximate surface area is 121 Å². The monoisotopic (exact) mass is 292 g/mol. The first-order valence-corrected chi connectivity index (χ1v) is 7.55. The molecular formula is C15H17FN2OS. The van der Waals surface area contributed by atoms with Crippen LogP contribution in [0.2, 0.25) is 0 Å². The zero-order valence-corrected chi connectivity index (χ0v) is 12.1. The van der Waals surface area contributed by atoms with Crippen LogP contribution < -0.4 is 11.1 Å². The van der Waals surface area contributed by atoms with Crippen molar-refractivity contribution in [2.24, 2.45) is 11.7 Å². The van der Waals surface area contributed by atoms with Crippen LogP contribution in [-0.2, 0) is 0 Å². The highest BCUT2D eigenvalue weighted by molar-refractivity contribution is 7.20. The summed E-state index contributed by atoms with van der Waals surface area (Å²) in [6, 6.07) is 6.30. The van der Waals surface area contributed by atoms with Crippen molar-refractivity contribution in [3.05, 3.63) is 35.0 Å². The number of nitrogens with one attached hydrogen (secondary N) is 1. The summed E-state index contributed by atoms with van der Waals surface area (Å²) in [7, 11) is 0. The van der Waals surface area contributed by atoms with E-state index in [1.165, 1.54) is 23.5 Å². The van der Waals surface area contributed by atoms with E-state index in [4.69, 9.17) is 5.73 Å². The molecule has 3 nitrogen and oxygen atoms in total. The van der Waals surface area contributed by atoms with E-state index in [-0.39, 0.29) is 17.3 Å². The third kappa shape index (κ3) is 2.43. The number of benzene rings is 1. The van der Waals surface area contributed by atoms with Crippen LogP contribution in [0.1, 0.15) is 29.4 Å². The van der Waals surface area contributed by atoms with E-state index >= 15 is 0 Å². The predicted molar refractivity (Wildman–Crippen MR) is 79.4 cm³/mol. The SMILES string of the molecule is CC(CN)(NC(=O)c1cc2cc(F)ccc2s1)C1CC1. The summed E-state index contributed by atoms with van der Waals surface area (Å²) in [5.41, 5.74) is 5.47. The lowest BCUT2D eigenvalue weighted by molar-refractivity contribution is 0.0902. The van der Waals surface area contributed by atoms with Gasteiger partial charge in [-0.2, -0.15) is 0 Å². The smallest absolute Gasteiger partial charge is 0.261 e. The summed E-state index contributed by atoms with van der Waals surface area (Å²) < 4.78 is 14.1. The molecular weight excluding hydrogens is 275 g/mol. The highest BCUT2D eigenvalue weighted by atomic mass is 32.1. The van der Waals surface area contributed by atoms with Gasteiger partial charge in [-0.3, -0.25) is 4.79 Å². The van der Waals surface area contributed by atoms with Crippen molar-refractivity contribution in [3.63, 3.8) is 0 Å². The van der Waals surface area contributed by atoms with Crippen molar-refractivity contribution < 1.29 is 9.18 Å². The van der Waals surface area contributed by atoms with Gasteiger partial charge in [0.25, 0.3) is 5.91 Å². The quantitative estimate of drug-likeness (QED) is 0.910. The third-order valence-electron chi connectivity index (χ3n) is 4.00. The Morgan fingerprint density at radius 3 is 2.90 bits per heavy atom. The van der Waals surface area contributed by atoms with Gasteiger partial charge in [-0.1, -0.05) is 0 Å². The largest absolute Gasteiger partial charge is 0.345 e. The molecule has 1 unspecified atom stereocenters. The Morgan fingerprint density at radius 2 is 2.25 bits per heavy atom. The van der Waals surface area contributed by atoms with Crippen LogP contribution in [0.15, 0.2) is 24.3 Å². The lowest BCUT2D eigenvalue weighted by Gasteiger charge is -2.29. The minimum Gasteiger partial charge on any atom is -0.345 e. The highest BCUT2D eigenvalue weighted by Crippen LogP contribution is 2.39. The molecule has 106 valence electrons. The molecule has 1 aromatic carbocycles. The molecule has 1 saturated carbocycles. The van der Waals surface area contributed by atoms with Gasteiger partial charge in [-0.25, -0.2) is 4.39 Å². The van der Waals surface area contributed by atoms with Crippen LogP contribution in [0.4, 0.5) is 4.39 Å². The highest BCUT2D eigenvalue weighted by Gasteiger charge is 2.41. The molecule has 1 aliphatic carbocycles. The second kappa shape index (κ2) is 4.82. The molecule has 0 spiro atoms. The molecule has 1 aromatic heterocycles. The molecule has 1 atom stereocenters. The zero-order chi connectivity index (χ0) is 14.3. The van der Waals surface area contributed by atoms with Gasteiger partial charge in [0.05, 0.1) is 10.4 Å². The summed E-state index contributed by atoms with van der Waals surface area (Å²) in [6.45, 7) is 2.43. The Bertz CT molecular complexity index is 665. The molecule has 0 saturated heterocycles. The zero-order valence-electron chi connectivity index (χ0n) is 11.3. The van der Waals surface area contributed by atoms with Crippen LogP contribution >= 0.6 is 11.3 Å². The topological polar surface area (TPSA) is 55.1 Å². The maximum Gasteiger partial charge on any atom is 0.261 e. The summed E-state index contributed by atoms with van der Waals surface area (Å²) in [5, 5.41) is 3.81. The first kappa shape index (κ1) is 13.5. The molecule has 5 heteroatoms. The minimum atomic E-state index is -0.335. The number of halogens is 1. The van der Waals surface area contributed by atoms with Crippen molar-refractivity contribution in [1.29, 1.82) is 0 Å². The van der Waals surface area contributed by atoms with E-state index < -0.39 is 0 Å². The van der Waals surface area contributed by atoms with Crippen LogP contribution in [0, 0.1) is 11.7 Å². The van der Waals surface area contributed by atoms with Crippen molar-refractivity contribution in [2.75, 3.05) is 6.54 Å². The van der Waals surface area contributed by atoms with E-state index in [0.29, 0.717) is 17.3 Å². The molecule has 20 heavy (non-hydrogen) atoms. The molecule has 1 amide bonds. The number of fused-ring (bicyclic) bond motifs is 1. The maximum absolute atomic E-state index is 13.2. The fourth-order valence-corrected chi connectivity index (χ4v) is 3.43. The predicted octanol–water partition coefficient (Wildman–Crippen LogP) is 2.90. The molecule has 3 rings (SSSR count). The van der Waals surface area contributed by atoms with Crippen molar-refractivity contribution >= 4 is 27.3 Å². The number of thiophene rings is 1. The van der Waals surface area contributed by atoms with Gasteiger partial charge in [0.1, 0.15) is 5.82 Å². The first-order chi connectivity index (χ1) is 9.51. The maximum atomic E-state index is 13.2. The Hall–Kier alpha value is -1.46. The standard InChI is InChI=1S/C15H17FN2OS/c1-15(8-17,10-2-3-10)18-14(19)13-7-9-6-11(16)4-5-12(9)20-13/h4-7,10H,2-3,8,17H2,1H3,(H,18,19). The molecule has 0 aliphatic heterocycles. The molecule has 0 radical (unpaired) electrons. The van der Waals surface area contributed by atoms with E-state index in [2.05, 4.69) is 5.32 Å². The summed E-state index contributed by atoms with van der Waals surface area (Å²) >= 11 is 1.38. The summed E-state index contributed by atoms with van der Waals surface area (Å²) in [4.78, 5) is 13.0.